The van der Waals surface area contributed by atoms with Crippen LogP contribution in [0.15, 0.2) is 6.20 Å². The van der Waals surface area contributed by atoms with Gasteiger partial charge in [0.2, 0.25) is 0 Å². The van der Waals surface area contributed by atoms with Crippen molar-refractivity contribution in [1.82, 2.24) is 19.9 Å². The highest BCUT2D eigenvalue weighted by atomic mass is 127. The maximum atomic E-state index is 5.33. The average molecular weight is 316 g/mol. The standard InChI is InChI=1S/C10H13IN4/c1-2-5-14-6-3-4-9(8-14)15-10(11)7-12-13-15/h1,7,9H,3-6,8H2. The van der Waals surface area contributed by atoms with E-state index in [9.17, 15) is 0 Å². The Labute approximate surface area is 103 Å². The first-order valence-corrected chi connectivity index (χ1v) is 6.10. The van der Waals surface area contributed by atoms with Gasteiger partial charge in [0.15, 0.2) is 0 Å². The monoisotopic (exact) mass is 316 g/mol. The van der Waals surface area contributed by atoms with Crippen molar-refractivity contribution >= 4 is 22.6 Å². The summed E-state index contributed by atoms with van der Waals surface area (Å²) in [6, 6.07) is 0.432. The van der Waals surface area contributed by atoms with Crippen LogP contribution in [0.3, 0.4) is 0 Å². The number of piperidine rings is 1. The van der Waals surface area contributed by atoms with Crippen LogP contribution in [0.4, 0.5) is 0 Å². The lowest BCUT2D eigenvalue weighted by Crippen LogP contribution is -2.37. The second-order valence-corrected chi connectivity index (χ2v) is 4.84. The van der Waals surface area contributed by atoms with E-state index in [0.29, 0.717) is 6.04 Å². The lowest BCUT2D eigenvalue weighted by Gasteiger charge is -2.31. The minimum atomic E-state index is 0.432. The quantitative estimate of drug-likeness (QED) is 0.606. The fourth-order valence-corrected chi connectivity index (χ4v) is 2.60. The number of aromatic nitrogens is 3. The summed E-state index contributed by atoms with van der Waals surface area (Å²) in [7, 11) is 0. The molecule has 0 saturated carbocycles. The Morgan fingerprint density at radius 1 is 1.67 bits per heavy atom. The van der Waals surface area contributed by atoms with Crippen molar-refractivity contribution in [2.24, 2.45) is 0 Å². The molecule has 0 amide bonds. The summed E-state index contributed by atoms with van der Waals surface area (Å²) in [5, 5.41) is 8.03. The molecule has 1 saturated heterocycles. The zero-order valence-electron chi connectivity index (χ0n) is 8.43. The minimum Gasteiger partial charge on any atom is -0.290 e. The first-order chi connectivity index (χ1) is 7.31. The molecule has 1 aliphatic rings. The molecule has 0 spiro atoms. The Balaban J connectivity index is 2.05. The maximum absolute atomic E-state index is 5.33. The predicted molar refractivity (Wildman–Crippen MR) is 66.3 cm³/mol. The molecule has 15 heavy (non-hydrogen) atoms. The van der Waals surface area contributed by atoms with E-state index in [1.165, 1.54) is 12.8 Å². The molecule has 0 aliphatic carbocycles. The summed E-state index contributed by atoms with van der Waals surface area (Å²) in [5.74, 6) is 2.70. The van der Waals surface area contributed by atoms with Gasteiger partial charge in [-0.1, -0.05) is 11.1 Å². The van der Waals surface area contributed by atoms with Gasteiger partial charge >= 0.3 is 0 Å². The van der Waals surface area contributed by atoms with E-state index in [-0.39, 0.29) is 0 Å². The maximum Gasteiger partial charge on any atom is 0.119 e. The van der Waals surface area contributed by atoms with Gasteiger partial charge in [-0.3, -0.25) is 4.90 Å². The van der Waals surface area contributed by atoms with Crippen molar-refractivity contribution in [2.45, 2.75) is 18.9 Å². The predicted octanol–water partition coefficient (Wildman–Crippen LogP) is 1.15. The highest BCUT2D eigenvalue weighted by Crippen LogP contribution is 2.22. The molecule has 2 rings (SSSR count). The van der Waals surface area contributed by atoms with E-state index in [2.05, 4.69) is 43.7 Å². The summed E-state index contributed by atoms with van der Waals surface area (Å²) in [6.07, 6.45) is 9.47. The molecule has 0 aromatic carbocycles. The van der Waals surface area contributed by atoms with Crippen LogP contribution < -0.4 is 0 Å². The third kappa shape index (κ3) is 2.49. The topological polar surface area (TPSA) is 34.0 Å². The molecule has 2 heterocycles. The van der Waals surface area contributed by atoms with Crippen LogP contribution in [-0.4, -0.2) is 39.5 Å². The number of terminal acetylenes is 1. The van der Waals surface area contributed by atoms with E-state index < -0.39 is 0 Å². The van der Waals surface area contributed by atoms with Crippen molar-refractivity contribution < 1.29 is 0 Å². The van der Waals surface area contributed by atoms with E-state index in [0.717, 1.165) is 23.3 Å². The molecule has 80 valence electrons. The smallest absolute Gasteiger partial charge is 0.119 e. The van der Waals surface area contributed by atoms with Gasteiger partial charge in [0.25, 0.3) is 0 Å². The van der Waals surface area contributed by atoms with Gasteiger partial charge in [0.1, 0.15) is 3.70 Å². The van der Waals surface area contributed by atoms with Crippen molar-refractivity contribution in [3.05, 3.63) is 9.90 Å². The second kappa shape index (κ2) is 4.94. The Kier molecular flexibility index (Phi) is 3.59. The minimum absolute atomic E-state index is 0.432. The van der Waals surface area contributed by atoms with Crippen LogP contribution in [0, 0.1) is 16.0 Å². The van der Waals surface area contributed by atoms with Crippen LogP contribution in [-0.2, 0) is 0 Å². The second-order valence-electron chi connectivity index (χ2n) is 3.74. The van der Waals surface area contributed by atoms with Crippen LogP contribution in [0.1, 0.15) is 18.9 Å². The van der Waals surface area contributed by atoms with Crippen molar-refractivity contribution in [3.8, 4) is 12.3 Å². The highest BCUT2D eigenvalue weighted by Gasteiger charge is 2.22. The van der Waals surface area contributed by atoms with Crippen LogP contribution in [0.5, 0.6) is 0 Å². The van der Waals surface area contributed by atoms with Gasteiger partial charge in [-0.15, -0.1) is 11.5 Å². The number of hydrogen-bond donors (Lipinski definition) is 0. The summed E-state index contributed by atoms with van der Waals surface area (Å²) in [6.45, 7) is 2.83. The number of halogens is 1. The van der Waals surface area contributed by atoms with Crippen molar-refractivity contribution in [3.63, 3.8) is 0 Å². The third-order valence-electron chi connectivity index (χ3n) is 2.67. The molecule has 1 unspecified atom stereocenters. The molecular formula is C10H13IN4. The SMILES string of the molecule is C#CCN1CCCC(n2nncc2I)C1. The zero-order valence-corrected chi connectivity index (χ0v) is 10.6. The largest absolute Gasteiger partial charge is 0.290 e. The Hall–Kier alpha value is -0.610. The van der Waals surface area contributed by atoms with Gasteiger partial charge < -0.3 is 0 Å². The fourth-order valence-electron chi connectivity index (χ4n) is 1.98. The fraction of sp³-hybridized carbons (Fsp3) is 0.600. The first-order valence-electron chi connectivity index (χ1n) is 5.03. The van der Waals surface area contributed by atoms with Gasteiger partial charge in [-0.25, -0.2) is 4.68 Å². The normalized spacial score (nSPS) is 22.5. The highest BCUT2D eigenvalue weighted by molar-refractivity contribution is 14.1. The molecule has 0 radical (unpaired) electrons. The van der Waals surface area contributed by atoms with Crippen LogP contribution in [0.2, 0.25) is 0 Å². The lowest BCUT2D eigenvalue weighted by atomic mass is 10.1. The molecule has 1 aromatic rings. The van der Waals surface area contributed by atoms with E-state index >= 15 is 0 Å². The Morgan fingerprint density at radius 2 is 2.53 bits per heavy atom. The summed E-state index contributed by atoms with van der Waals surface area (Å²) < 4.78 is 3.10. The van der Waals surface area contributed by atoms with Crippen molar-refractivity contribution in [1.29, 1.82) is 0 Å². The van der Waals surface area contributed by atoms with Gasteiger partial charge in [0.05, 0.1) is 18.8 Å². The van der Waals surface area contributed by atoms with Crippen LogP contribution >= 0.6 is 22.6 Å². The average Bonchev–Trinajstić information content (AvgIpc) is 2.65. The van der Waals surface area contributed by atoms with Gasteiger partial charge in [-0.05, 0) is 42.0 Å². The molecule has 4 nitrogen and oxygen atoms in total. The summed E-state index contributed by atoms with van der Waals surface area (Å²) in [5.41, 5.74) is 0. The number of likely N-dealkylation sites (tertiary alicyclic amines) is 1. The molecule has 0 N–H and O–H groups in total. The number of rotatable bonds is 2. The van der Waals surface area contributed by atoms with E-state index in [1.807, 2.05) is 4.68 Å². The summed E-state index contributed by atoms with van der Waals surface area (Å²) >= 11 is 2.27. The molecule has 1 atom stereocenters. The van der Waals surface area contributed by atoms with Gasteiger partial charge in [-0.2, -0.15) is 0 Å². The Bertz CT molecular complexity index is 368. The third-order valence-corrected chi connectivity index (χ3v) is 3.45. The first kappa shape index (κ1) is 10.9. The van der Waals surface area contributed by atoms with E-state index in [4.69, 9.17) is 6.42 Å². The Morgan fingerprint density at radius 3 is 3.20 bits per heavy atom. The molecule has 1 fully saturated rings. The number of hydrogen-bond acceptors (Lipinski definition) is 3. The van der Waals surface area contributed by atoms with Crippen molar-refractivity contribution in [2.75, 3.05) is 19.6 Å². The molecule has 5 heteroatoms. The number of nitrogens with zero attached hydrogens (tertiary/aromatic N) is 4. The van der Waals surface area contributed by atoms with E-state index in [1.54, 1.807) is 6.20 Å². The summed E-state index contributed by atoms with van der Waals surface area (Å²) in [4.78, 5) is 2.30. The van der Waals surface area contributed by atoms with Crippen LogP contribution in [0.25, 0.3) is 0 Å². The lowest BCUT2D eigenvalue weighted by molar-refractivity contribution is 0.184. The zero-order chi connectivity index (χ0) is 10.7. The van der Waals surface area contributed by atoms with Gasteiger partial charge in [0, 0.05) is 6.54 Å². The molecule has 1 aliphatic heterocycles. The molecule has 0 bridgehead atoms. The molecule has 1 aromatic heterocycles. The molecular weight excluding hydrogens is 303 g/mol.